The fraction of sp³-hybridized carbons (Fsp3) is 0.484. The smallest absolute Gasteiger partial charge is 0.246 e. The van der Waals surface area contributed by atoms with Crippen LogP contribution < -0.4 is 15.4 Å². The predicted molar refractivity (Wildman–Crippen MR) is 154 cm³/mol. The summed E-state index contributed by atoms with van der Waals surface area (Å²) in [6.45, 7) is 3.97. The maximum atomic E-state index is 12.9. The number of aliphatic hydroxyl groups excluding tert-OH is 3. The molecule has 0 spiro atoms. The van der Waals surface area contributed by atoms with E-state index in [1.54, 1.807) is 25.1 Å². The van der Waals surface area contributed by atoms with Gasteiger partial charge in [0.05, 0.1) is 6.10 Å². The SMILES string of the molecule is C[C@@H]1O[C@@H](Oc2ccc([C@@H]3CC(=O)NCCCN(C(=O)/C=C/c4ccccc4)CCCCN3)cc2)[C@H](O)[C@H](O)[C@H]1O. The van der Waals surface area contributed by atoms with Crippen LogP contribution in [0.4, 0.5) is 0 Å². The first kappa shape index (κ1) is 30.7. The van der Waals surface area contributed by atoms with Gasteiger partial charge in [-0.1, -0.05) is 42.5 Å². The second kappa shape index (κ2) is 15.1. The zero-order valence-electron chi connectivity index (χ0n) is 23.4. The highest BCUT2D eigenvalue weighted by atomic mass is 16.7. The Morgan fingerprint density at radius 1 is 0.951 bits per heavy atom. The molecule has 10 nitrogen and oxygen atoms in total. The van der Waals surface area contributed by atoms with Crippen molar-refractivity contribution < 1.29 is 34.4 Å². The number of hydrogen-bond donors (Lipinski definition) is 5. The quantitative estimate of drug-likeness (QED) is 0.345. The van der Waals surface area contributed by atoms with Crippen LogP contribution in [0.3, 0.4) is 0 Å². The van der Waals surface area contributed by atoms with Crippen LogP contribution >= 0.6 is 0 Å². The van der Waals surface area contributed by atoms with Gasteiger partial charge in [0, 0.05) is 38.2 Å². The van der Waals surface area contributed by atoms with Crippen molar-refractivity contribution in [2.24, 2.45) is 0 Å². The lowest BCUT2D eigenvalue weighted by Crippen LogP contribution is -2.58. The Kier molecular flexibility index (Phi) is 11.3. The standard InChI is InChI=1S/C31H41N3O7/c1-21-28(37)29(38)30(39)31(40-21)41-24-13-11-23(12-14-24)25-20-26(35)33-17-7-19-34(18-6-5-16-32-25)27(36)15-10-22-8-3-2-4-9-22/h2-4,8-15,21,25,28-32,37-39H,5-7,16-20H2,1H3,(H,33,35)/b15-10+/t21-,25-,28-,29+,30+,31-/m0/s1. The molecule has 2 saturated heterocycles. The van der Waals surface area contributed by atoms with Crippen molar-refractivity contribution in [2.45, 2.75) is 69.4 Å². The van der Waals surface area contributed by atoms with E-state index in [4.69, 9.17) is 9.47 Å². The van der Waals surface area contributed by atoms with Gasteiger partial charge in [-0.05, 0) is 62.1 Å². The van der Waals surface area contributed by atoms with Crippen molar-refractivity contribution in [2.75, 3.05) is 26.2 Å². The molecule has 2 aliphatic heterocycles. The topological polar surface area (TPSA) is 141 Å². The zero-order valence-corrected chi connectivity index (χ0v) is 23.4. The van der Waals surface area contributed by atoms with E-state index >= 15 is 0 Å². The Morgan fingerprint density at radius 3 is 2.44 bits per heavy atom. The fourth-order valence-electron chi connectivity index (χ4n) is 4.96. The third kappa shape index (κ3) is 8.85. The summed E-state index contributed by atoms with van der Waals surface area (Å²) in [5, 5.41) is 36.6. The van der Waals surface area contributed by atoms with E-state index in [0.717, 1.165) is 24.0 Å². The van der Waals surface area contributed by atoms with Crippen LogP contribution in [0.5, 0.6) is 5.75 Å². The summed E-state index contributed by atoms with van der Waals surface area (Å²) in [5.41, 5.74) is 1.88. The van der Waals surface area contributed by atoms with Crippen molar-refractivity contribution >= 4 is 17.9 Å². The minimum absolute atomic E-state index is 0.0329. The maximum Gasteiger partial charge on any atom is 0.246 e. The number of benzene rings is 2. The number of nitrogens with one attached hydrogen (secondary N) is 2. The highest BCUT2D eigenvalue weighted by Crippen LogP contribution is 2.26. The van der Waals surface area contributed by atoms with E-state index in [1.165, 1.54) is 0 Å². The molecule has 2 amide bonds. The van der Waals surface area contributed by atoms with E-state index in [0.29, 0.717) is 38.3 Å². The molecule has 0 saturated carbocycles. The van der Waals surface area contributed by atoms with Crippen molar-refractivity contribution in [3.63, 3.8) is 0 Å². The summed E-state index contributed by atoms with van der Waals surface area (Å²) in [6, 6.07) is 16.6. The summed E-state index contributed by atoms with van der Waals surface area (Å²) in [4.78, 5) is 27.4. The summed E-state index contributed by atoms with van der Waals surface area (Å²) >= 11 is 0. The Hall–Kier alpha value is -3.28. The van der Waals surface area contributed by atoms with Gasteiger partial charge in [0.15, 0.2) is 0 Å². The summed E-state index contributed by atoms with van der Waals surface area (Å²) in [6.07, 6.45) is 0.253. The van der Waals surface area contributed by atoms with Gasteiger partial charge in [-0.3, -0.25) is 9.59 Å². The number of nitrogens with zero attached hydrogens (tertiary/aromatic N) is 1. The van der Waals surface area contributed by atoms with E-state index in [9.17, 15) is 24.9 Å². The van der Waals surface area contributed by atoms with Crippen LogP contribution in [-0.4, -0.2) is 88.9 Å². The molecule has 0 bridgehead atoms. The van der Waals surface area contributed by atoms with Gasteiger partial charge in [0.1, 0.15) is 24.1 Å². The Bertz CT molecular complexity index is 1140. The molecule has 0 radical (unpaired) electrons. The molecule has 4 rings (SSSR count). The van der Waals surface area contributed by atoms with Crippen LogP contribution in [0, 0.1) is 0 Å². The first-order valence-corrected chi connectivity index (χ1v) is 14.3. The first-order chi connectivity index (χ1) is 19.8. The minimum Gasteiger partial charge on any atom is -0.462 e. The third-order valence-electron chi connectivity index (χ3n) is 7.43. The van der Waals surface area contributed by atoms with Crippen LogP contribution in [0.15, 0.2) is 60.7 Å². The molecular formula is C31H41N3O7. The molecule has 2 aromatic carbocycles. The van der Waals surface area contributed by atoms with Crippen molar-refractivity contribution in [3.8, 4) is 5.75 Å². The molecule has 5 N–H and O–H groups in total. The summed E-state index contributed by atoms with van der Waals surface area (Å²) in [7, 11) is 0. The monoisotopic (exact) mass is 567 g/mol. The molecule has 0 aliphatic carbocycles. The van der Waals surface area contributed by atoms with Crippen LogP contribution in [-0.2, 0) is 14.3 Å². The largest absolute Gasteiger partial charge is 0.462 e. The van der Waals surface area contributed by atoms with Gasteiger partial charge in [0.25, 0.3) is 0 Å². The Morgan fingerprint density at radius 2 is 1.68 bits per heavy atom. The average molecular weight is 568 g/mol. The van der Waals surface area contributed by atoms with E-state index in [-0.39, 0.29) is 24.3 Å². The zero-order chi connectivity index (χ0) is 29.2. The van der Waals surface area contributed by atoms with Gasteiger partial charge < -0.3 is 40.3 Å². The molecule has 6 atom stereocenters. The second-order valence-corrected chi connectivity index (χ2v) is 10.6. The first-order valence-electron chi connectivity index (χ1n) is 14.3. The lowest BCUT2D eigenvalue weighted by molar-refractivity contribution is -0.268. The molecule has 2 aliphatic rings. The number of carbonyl (C=O) groups is 2. The molecule has 2 fully saturated rings. The van der Waals surface area contributed by atoms with Gasteiger partial charge >= 0.3 is 0 Å². The van der Waals surface area contributed by atoms with Gasteiger partial charge in [-0.2, -0.15) is 0 Å². The molecule has 2 heterocycles. The van der Waals surface area contributed by atoms with Crippen LogP contribution in [0.1, 0.15) is 49.8 Å². The van der Waals surface area contributed by atoms with Crippen molar-refractivity contribution in [3.05, 3.63) is 71.8 Å². The molecule has 222 valence electrons. The molecular weight excluding hydrogens is 526 g/mol. The summed E-state index contributed by atoms with van der Waals surface area (Å²) < 4.78 is 11.3. The summed E-state index contributed by atoms with van der Waals surface area (Å²) in [5.74, 6) is 0.312. The highest BCUT2D eigenvalue weighted by molar-refractivity contribution is 5.91. The predicted octanol–water partition coefficient (Wildman–Crippen LogP) is 1.76. The molecule has 10 heteroatoms. The average Bonchev–Trinajstić information content (AvgIpc) is 3.00. The van der Waals surface area contributed by atoms with Crippen molar-refractivity contribution in [1.29, 1.82) is 0 Å². The number of ether oxygens (including phenoxy) is 2. The van der Waals surface area contributed by atoms with Gasteiger partial charge in [-0.25, -0.2) is 0 Å². The fourth-order valence-corrected chi connectivity index (χ4v) is 4.96. The Labute approximate surface area is 241 Å². The van der Waals surface area contributed by atoms with Crippen molar-refractivity contribution in [1.82, 2.24) is 15.5 Å². The van der Waals surface area contributed by atoms with Gasteiger partial charge in [-0.15, -0.1) is 0 Å². The van der Waals surface area contributed by atoms with Gasteiger partial charge in [0.2, 0.25) is 18.1 Å². The second-order valence-electron chi connectivity index (χ2n) is 10.6. The maximum absolute atomic E-state index is 12.9. The molecule has 41 heavy (non-hydrogen) atoms. The number of rotatable bonds is 5. The van der Waals surface area contributed by atoms with Crippen LogP contribution in [0.25, 0.3) is 6.08 Å². The van der Waals surface area contributed by atoms with E-state index in [2.05, 4.69) is 10.6 Å². The van der Waals surface area contributed by atoms with Crippen LogP contribution in [0.2, 0.25) is 0 Å². The number of carbonyl (C=O) groups excluding carboxylic acids is 2. The lowest BCUT2D eigenvalue weighted by atomic mass is 10.00. The number of hydrogen-bond acceptors (Lipinski definition) is 8. The van der Waals surface area contributed by atoms with E-state index in [1.807, 2.05) is 53.4 Å². The highest BCUT2D eigenvalue weighted by Gasteiger charge is 2.43. The number of aliphatic hydroxyl groups is 3. The minimum atomic E-state index is -1.40. The normalized spacial score (nSPS) is 28.7. The molecule has 2 aromatic rings. The number of amides is 2. The lowest BCUT2D eigenvalue weighted by Gasteiger charge is -2.38. The Balaban J connectivity index is 1.33. The molecule has 0 aromatic heterocycles. The van der Waals surface area contributed by atoms with E-state index < -0.39 is 30.7 Å². The molecule has 0 unspecified atom stereocenters. The third-order valence-corrected chi connectivity index (χ3v) is 7.43.